The first-order chi connectivity index (χ1) is 13.5. The molecule has 10 heteroatoms. The largest absolute Gasteiger partial charge is 0.486 e. The number of hydrogen-bond acceptors (Lipinski definition) is 6. The quantitative estimate of drug-likeness (QED) is 0.668. The zero-order valence-corrected chi connectivity index (χ0v) is 14.7. The van der Waals surface area contributed by atoms with Crippen molar-refractivity contribution >= 4 is 11.5 Å². The molecule has 2 aromatic heterocycles. The lowest BCUT2D eigenvalue weighted by Crippen LogP contribution is -2.26. The molecule has 1 unspecified atom stereocenters. The molecule has 2 aliphatic heterocycles. The molecule has 0 bridgehead atoms. The van der Waals surface area contributed by atoms with Crippen molar-refractivity contribution in [1.29, 1.82) is 0 Å². The smallest absolute Gasteiger partial charge is 0.453 e. The molecule has 1 aromatic carbocycles. The summed E-state index contributed by atoms with van der Waals surface area (Å²) in [6.45, 7) is 1.64. The van der Waals surface area contributed by atoms with Gasteiger partial charge in [-0.1, -0.05) is 12.1 Å². The molecule has 5 rings (SSSR count). The van der Waals surface area contributed by atoms with E-state index in [0.29, 0.717) is 37.1 Å². The van der Waals surface area contributed by atoms with E-state index in [1.807, 2.05) is 23.1 Å². The van der Waals surface area contributed by atoms with Gasteiger partial charge in [-0.2, -0.15) is 17.7 Å². The minimum Gasteiger partial charge on any atom is -0.486 e. The zero-order valence-electron chi connectivity index (χ0n) is 14.7. The maximum absolute atomic E-state index is 13.2. The van der Waals surface area contributed by atoms with Gasteiger partial charge in [-0.15, -0.1) is 15.3 Å². The molecule has 28 heavy (non-hydrogen) atoms. The Balaban J connectivity index is 1.56. The van der Waals surface area contributed by atoms with Gasteiger partial charge in [-0.3, -0.25) is 0 Å². The van der Waals surface area contributed by atoms with Crippen LogP contribution < -0.4 is 14.4 Å². The van der Waals surface area contributed by atoms with E-state index in [0.717, 1.165) is 22.9 Å². The zero-order chi connectivity index (χ0) is 19.3. The van der Waals surface area contributed by atoms with Crippen LogP contribution in [0.1, 0.15) is 30.3 Å². The van der Waals surface area contributed by atoms with Gasteiger partial charge < -0.3 is 14.4 Å². The highest BCUT2D eigenvalue weighted by Crippen LogP contribution is 2.44. The van der Waals surface area contributed by atoms with Crippen LogP contribution in [0.3, 0.4) is 0 Å². The summed E-state index contributed by atoms with van der Waals surface area (Å²) in [5.74, 6) is 0.702. The highest BCUT2D eigenvalue weighted by molar-refractivity contribution is 5.54. The Morgan fingerprint density at radius 2 is 1.89 bits per heavy atom. The number of benzene rings is 1. The van der Waals surface area contributed by atoms with Crippen molar-refractivity contribution < 1.29 is 22.6 Å². The molecule has 0 N–H and O–H groups in total. The van der Waals surface area contributed by atoms with E-state index in [4.69, 9.17) is 9.47 Å². The first kappa shape index (κ1) is 17.1. The Hall–Kier alpha value is -3.04. The van der Waals surface area contributed by atoms with Gasteiger partial charge in [0.15, 0.2) is 17.1 Å². The summed E-state index contributed by atoms with van der Waals surface area (Å²) >= 11 is 0. The first-order valence-corrected chi connectivity index (χ1v) is 8.97. The predicted octanol–water partition coefficient (Wildman–Crippen LogP) is 3.26. The van der Waals surface area contributed by atoms with E-state index in [2.05, 4.69) is 15.3 Å². The molecule has 3 aromatic rings. The van der Waals surface area contributed by atoms with Gasteiger partial charge in [0, 0.05) is 12.1 Å². The van der Waals surface area contributed by atoms with Gasteiger partial charge in [0.25, 0.3) is 5.82 Å². The minimum atomic E-state index is -4.63. The van der Waals surface area contributed by atoms with Crippen LogP contribution in [0.15, 0.2) is 30.3 Å². The Morgan fingerprint density at radius 3 is 2.75 bits per heavy atom. The molecule has 0 amide bonds. The Morgan fingerprint density at radius 1 is 1.04 bits per heavy atom. The van der Waals surface area contributed by atoms with Crippen molar-refractivity contribution in [3.8, 4) is 11.5 Å². The lowest BCUT2D eigenvalue weighted by molar-refractivity contribution is -0.146. The molecule has 4 heterocycles. The third-order valence-electron chi connectivity index (χ3n) is 5.01. The molecule has 7 nitrogen and oxygen atoms in total. The summed E-state index contributed by atoms with van der Waals surface area (Å²) in [7, 11) is 0. The van der Waals surface area contributed by atoms with E-state index in [-0.39, 0.29) is 11.7 Å². The molecule has 146 valence electrons. The standard InChI is InChI=1S/C18H16F3N5O2/c19-18(20,21)17-23-22-14-6-7-15(24-26(14)17)25-8-2-4-12(25)11-3-1-5-13-16(11)28-10-9-27-13/h1,3,5-7,12H,2,4,8-10H2. The Bertz CT molecular complexity index is 1040. The van der Waals surface area contributed by atoms with Gasteiger partial charge in [0.1, 0.15) is 19.0 Å². The fourth-order valence-electron chi connectivity index (χ4n) is 3.83. The fourth-order valence-corrected chi connectivity index (χ4v) is 3.83. The molecule has 1 saturated heterocycles. The Kier molecular flexibility index (Phi) is 3.81. The lowest BCUT2D eigenvalue weighted by Gasteiger charge is -2.29. The number of aromatic nitrogens is 4. The summed E-state index contributed by atoms with van der Waals surface area (Å²) in [6, 6.07) is 8.84. The number of rotatable bonds is 2. The third-order valence-corrected chi connectivity index (χ3v) is 5.01. The van der Waals surface area contributed by atoms with E-state index < -0.39 is 12.0 Å². The van der Waals surface area contributed by atoms with Gasteiger partial charge >= 0.3 is 6.18 Å². The molecule has 1 fully saturated rings. The van der Waals surface area contributed by atoms with Gasteiger partial charge in [0.2, 0.25) is 0 Å². The second-order valence-electron chi connectivity index (χ2n) is 6.71. The van der Waals surface area contributed by atoms with E-state index in [9.17, 15) is 13.2 Å². The van der Waals surface area contributed by atoms with E-state index in [1.54, 1.807) is 6.07 Å². The average Bonchev–Trinajstić information content (AvgIpc) is 3.33. The number of ether oxygens (including phenoxy) is 2. The van der Waals surface area contributed by atoms with E-state index in [1.165, 1.54) is 6.07 Å². The number of hydrogen-bond donors (Lipinski definition) is 0. The summed E-state index contributed by atoms with van der Waals surface area (Å²) in [4.78, 5) is 1.99. The number of halogens is 3. The van der Waals surface area contributed by atoms with Crippen molar-refractivity contribution in [3.05, 3.63) is 41.7 Å². The molecular weight excluding hydrogens is 375 g/mol. The van der Waals surface area contributed by atoms with Crippen LogP contribution in [-0.4, -0.2) is 39.6 Å². The molecule has 0 saturated carbocycles. The van der Waals surface area contributed by atoms with Crippen LogP contribution in [0.5, 0.6) is 11.5 Å². The van der Waals surface area contributed by atoms with Crippen molar-refractivity contribution in [1.82, 2.24) is 19.8 Å². The molecule has 0 spiro atoms. The number of para-hydroxylation sites is 1. The maximum Gasteiger partial charge on any atom is 0.453 e. The van der Waals surface area contributed by atoms with Crippen LogP contribution in [0.4, 0.5) is 19.0 Å². The predicted molar refractivity (Wildman–Crippen MR) is 92.5 cm³/mol. The third kappa shape index (κ3) is 2.71. The van der Waals surface area contributed by atoms with Gasteiger partial charge in [-0.05, 0) is 31.0 Å². The van der Waals surface area contributed by atoms with E-state index >= 15 is 0 Å². The highest BCUT2D eigenvalue weighted by Gasteiger charge is 2.38. The molecular formula is C18H16F3N5O2. The lowest BCUT2D eigenvalue weighted by atomic mass is 10.0. The maximum atomic E-state index is 13.2. The van der Waals surface area contributed by atoms with Crippen LogP contribution >= 0.6 is 0 Å². The SMILES string of the molecule is FC(F)(F)c1nnc2ccc(N3CCCC3c3cccc4c3OCCO4)nn12. The van der Waals surface area contributed by atoms with Crippen LogP contribution in [0.2, 0.25) is 0 Å². The Labute approximate surface area is 157 Å². The number of anilines is 1. The molecule has 2 aliphatic rings. The molecule has 1 atom stereocenters. The number of alkyl halides is 3. The monoisotopic (exact) mass is 391 g/mol. The second-order valence-corrected chi connectivity index (χ2v) is 6.71. The fraction of sp³-hybridized carbons (Fsp3) is 0.389. The molecule has 0 aliphatic carbocycles. The highest BCUT2D eigenvalue weighted by atomic mass is 19.4. The summed E-state index contributed by atoms with van der Waals surface area (Å²) in [5.41, 5.74) is 1.01. The minimum absolute atomic E-state index is 0.0562. The number of nitrogens with zero attached hydrogens (tertiary/aromatic N) is 5. The van der Waals surface area contributed by atoms with Crippen LogP contribution in [0, 0.1) is 0 Å². The summed E-state index contributed by atoms with van der Waals surface area (Å²) < 4.78 is 51.8. The van der Waals surface area contributed by atoms with Crippen molar-refractivity contribution in [2.75, 3.05) is 24.7 Å². The summed E-state index contributed by atoms with van der Waals surface area (Å²) in [5, 5.41) is 11.0. The summed E-state index contributed by atoms with van der Waals surface area (Å²) in [6.07, 6.45) is -2.89. The van der Waals surface area contributed by atoms with Crippen molar-refractivity contribution in [3.63, 3.8) is 0 Å². The van der Waals surface area contributed by atoms with Crippen molar-refractivity contribution in [2.24, 2.45) is 0 Å². The molecule has 0 radical (unpaired) electrons. The van der Waals surface area contributed by atoms with Gasteiger partial charge in [-0.25, -0.2) is 0 Å². The van der Waals surface area contributed by atoms with Crippen LogP contribution in [-0.2, 0) is 6.18 Å². The second kappa shape index (κ2) is 6.25. The normalized spacial score (nSPS) is 19.4. The number of fused-ring (bicyclic) bond motifs is 2. The van der Waals surface area contributed by atoms with Gasteiger partial charge in [0.05, 0.1) is 6.04 Å². The first-order valence-electron chi connectivity index (χ1n) is 8.97. The topological polar surface area (TPSA) is 64.8 Å². The average molecular weight is 391 g/mol. The van der Waals surface area contributed by atoms with Crippen LogP contribution in [0.25, 0.3) is 5.65 Å². The van der Waals surface area contributed by atoms with Crippen molar-refractivity contribution in [2.45, 2.75) is 25.1 Å².